The van der Waals surface area contributed by atoms with Crippen LogP contribution in [0.1, 0.15) is 20.7 Å². The lowest BCUT2D eigenvalue weighted by Gasteiger charge is -2.08. The molecule has 0 unspecified atom stereocenters. The van der Waals surface area contributed by atoms with E-state index in [1.54, 1.807) is 61.7 Å². The van der Waals surface area contributed by atoms with Crippen LogP contribution in [0, 0.1) is 0 Å². The van der Waals surface area contributed by atoms with Gasteiger partial charge in [-0.05, 0) is 59.3 Å². The van der Waals surface area contributed by atoms with Crippen LogP contribution in [0.3, 0.4) is 0 Å². The molecule has 3 aromatic rings. The Morgan fingerprint density at radius 3 is 2.12 bits per heavy atom. The quantitative estimate of drug-likeness (QED) is 0.774. The van der Waals surface area contributed by atoms with Crippen molar-refractivity contribution in [3.63, 3.8) is 0 Å². The number of benzene rings is 3. The Bertz CT molecular complexity index is 918. The number of rotatable bonds is 4. The van der Waals surface area contributed by atoms with E-state index in [0.29, 0.717) is 16.8 Å². The first-order chi connectivity index (χ1) is 11.6. The maximum absolute atomic E-state index is 12.4. The van der Waals surface area contributed by atoms with Crippen LogP contribution in [-0.4, -0.2) is 18.9 Å². The molecule has 0 radical (unpaired) electrons. The Morgan fingerprint density at radius 1 is 0.875 bits per heavy atom. The Labute approximate surface area is 139 Å². The molecule has 0 heterocycles. The van der Waals surface area contributed by atoms with Gasteiger partial charge >= 0.3 is 0 Å². The zero-order valence-electron chi connectivity index (χ0n) is 13.1. The third kappa shape index (κ3) is 3.20. The summed E-state index contributed by atoms with van der Waals surface area (Å²) in [4.78, 5) is 23.7. The summed E-state index contributed by atoms with van der Waals surface area (Å²) in [5.74, 6) is -0.00535. The second-order valence-electron chi connectivity index (χ2n) is 5.32. The number of primary amides is 1. The summed E-state index contributed by atoms with van der Waals surface area (Å²) in [6, 6.07) is 17.6. The van der Waals surface area contributed by atoms with Crippen molar-refractivity contribution in [3.05, 3.63) is 71.8 Å². The number of hydrogen-bond donors (Lipinski definition) is 2. The molecule has 0 saturated carbocycles. The van der Waals surface area contributed by atoms with Crippen LogP contribution in [0.4, 0.5) is 5.69 Å². The maximum atomic E-state index is 12.4. The number of carbonyl (C=O) groups is 2. The topological polar surface area (TPSA) is 81.4 Å². The van der Waals surface area contributed by atoms with Gasteiger partial charge in [-0.1, -0.05) is 12.1 Å². The summed E-state index contributed by atoms with van der Waals surface area (Å²) in [5.41, 5.74) is 6.89. The fourth-order valence-corrected chi connectivity index (χ4v) is 2.42. The molecule has 0 saturated heterocycles. The third-order valence-corrected chi connectivity index (χ3v) is 3.73. The predicted molar refractivity (Wildman–Crippen MR) is 93.4 cm³/mol. The minimum atomic E-state index is -0.495. The van der Waals surface area contributed by atoms with Crippen LogP contribution >= 0.6 is 0 Å². The number of ether oxygens (including phenoxy) is 1. The monoisotopic (exact) mass is 320 g/mol. The van der Waals surface area contributed by atoms with Crippen molar-refractivity contribution in [3.8, 4) is 5.75 Å². The van der Waals surface area contributed by atoms with Crippen LogP contribution in [0.25, 0.3) is 10.8 Å². The summed E-state index contributed by atoms with van der Waals surface area (Å²) < 4.78 is 5.09. The third-order valence-electron chi connectivity index (χ3n) is 3.73. The number of methoxy groups -OCH3 is 1. The highest BCUT2D eigenvalue weighted by Crippen LogP contribution is 2.20. The van der Waals surface area contributed by atoms with Gasteiger partial charge < -0.3 is 15.8 Å². The fourth-order valence-electron chi connectivity index (χ4n) is 2.42. The predicted octanol–water partition coefficient (Wildman–Crippen LogP) is 3.20. The first-order valence-corrected chi connectivity index (χ1v) is 7.36. The number of carbonyl (C=O) groups excluding carboxylic acids is 2. The number of amides is 2. The average Bonchev–Trinajstić information content (AvgIpc) is 2.61. The van der Waals surface area contributed by atoms with Crippen LogP contribution in [0.5, 0.6) is 5.75 Å². The Kier molecular flexibility index (Phi) is 4.16. The molecule has 3 aromatic carbocycles. The minimum Gasteiger partial charge on any atom is -0.497 e. The van der Waals surface area contributed by atoms with Gasteiger partial charge in [-0.15, -0.1) is 0 Å². The first-order valence-electron chi connectivity index (χ1n) is 7.36. The summed E-state index contributed by atoms with van der Waals surface area (Å²) >= 11 is 0. The van der Waals surface area contributed by atoms with Crippen molar-refractivity contribution in [1.29, 1.82) is 0 Å². The zero-order chi connectivity index (χ0) is 17.1. The molecule has 120 valence electrons. The van der Waals surface area contributed by atoms with E-state index in [1.165, 1.54) is 0 Å². The smallest absolute Gasteiger partial charge is 0.255 e. The van der Waals surface area contributed by atoms with E-state index in [1.807, 2.05) is 6.07 Å². The molecule has 5 heteroatoms. The normalized spacial score (nSPS) is 10.4. The highest BCUT2D eigenvalue weighted by atomic mass is 16.5. The SMILES string of the molecule is COc1ccc(NC(=O)c2ccc3ccc(C(N)=O)cc3c2)cc1. The summed E-state index contributed by atoms with van der Waals surface area (Å²) in [6.45, 7) is 0. The molecule has 3 N–H and O–H groups in total. The molecule has 0 aliphatic rings. The van der Waals surface area contributed by atoms with E-state index in [0.717, 1.165) is 16.5 Å². The molecule has 0 atom stereocenters. The van der Waals surface area contributed by atoms with Crippen molar-refractivity contribution in [1.82, 2.24) is 0 Å². The second-order valence-corrected chi connectivity index (χ2v) is 5.32. The lowest BCUT2D eigenvalue weighted by Crippen LogP contribution is -2.12. The molecule has 2 amide bonds. The highest BCUT2D eigenvalue weighted by molar-refractivity contribution is 6.07. The lowest BCUT2D eigenvalue weighted by atomic mass is 10.0. The molecular weight excluding hydrogens is 304 g/mol. The van der Waals surface area contributed by atoms with E-state index in [-0.39, 0.29) is 5.91 Å². The largest absolute Gasteiger partial charge is 0.497 e. The summed E-state index contributed by atoms with van der Waals surface area (Å²) in [6.07, 6.45) is 0. The molecule has 0 aliphatic heterocycles. The zero-order valence-corrected chi connectivity index (χ0v) is 13.1. The molecule has 3 rings (SSSR count). The Morgan fingerprint density at radius 2 is 1.50 bits per heavy atom. The number of fused-ring (bicyclic) bond motifs is 1. The van der Waals surface area contributed by atoms with Gasteiger partial charge in [0.05, 0.1) is 7.11 Å². The molecule has 0 aromatic heterocycles. The van der Waals surface area contributed by atoms with Gasteiger partial charge in [-0.25, -0.2) is 0 Å². The highest BCUT2D eigenvalue weighted by Gasteiger charge is 2.08. The first kappa shape index (κ1) is 15.6. The molecule has 0 aliphatic carbocycles. The van der Waals surface area contributed by atoms with Crippen molar-refractivity contribution in [2.75, 3.05) is 12.4 Å². The molecule has 0 spiro atoms. The molecule has 0 bridgehead atoms. The summed E-state index contributed by atoms with van der Waals surface area (Å²) in [7, 11) is 1.59. The van der Waals surface area contributed by atoms with E-state index in [4.69, 9.17) is 10.5 Å². The van der Waals surface area contributed by atoms with Gasteiger partial charge in [-0.2, -0.15) is 0 Å². The second kappa shape index (κ2) is 6.42. The van der Waals surface area contributed by atoms with E-state index in [9.17, 15) is 9.59 Å². The standard InChI is InChI=1S/C19H16N2O3/c1-24-17-8-6-16(7-9-17)21-19(23)14-5-3-12-2-4-13(18(20)22)10-15(12)11-14/h2-11H,1H3,(H2,20,22)(H,21,23). The maximum Gasteiger partial charge on any atom is 0.255 e. The molecule has 0 fully saturated rings. The van der Waals surface area contributed by atoms with Crippen LogP contribution in [0.15, 0.2) is 60.7 Å². The number of anilines is 1. The van der Waals surface area contributed by atoms with Gasteiger partial charge in [0, 0.05) is 16.8 Å². The van der Waals surface area contributed by atoms with Crippen molar-refractivity contribution in [2.24, 2.45) is 5.73 Å². The van der Waals surface area contributed by atoms with Gasteiger partial charge in [0.1, 0.15) is 5.75 Å². The van der Waals surface area contributed by atoms with E-state index >= 15 is 0 Å². The van der Waals surface area contributed by atoms with Crippen molar-refractivity contribution < 1.29 is 14.3 Å². The Balaban J connectivity index is 1.86. The minimum absolute atomic E-state index is 0.230. The average molecular weight is 320 g/mol. The molecule has 24 heavy (non-hydrogen) atoms. The van der Waals surface area contributed by atoms with Crippen LogP contribution in [0.2, 0.25) is 0 Å². The van der Waals surface area contributed by atoms with Crippen molar-refractivity contribution in [2.45, 2.75) is 0 Å². The molecular formula is C19H16N2O3. The van der Waals surface area contributed by atoms with E-state index < -0.39 is 5.91 Å². The van der Waals surface area contributed by atoms with Gasteiger partial charge in [0.2, 0.25) is 5.91 Å². The van der Waals surface area contributed by atoms with E-state index in [2.05, 4.69) is 5.32 Å². The number of nitrogens with one attached hydrogen (secondary N) is 1. The van der Waals surface area contributed by atoms with Gasteiger partial charge in [0.15, 0.2) is 0 Å². The van der Waals surface area contributed by atoms with Crippen LogP contribution < -0.4 is 15.8 Å². The molecule has 5 nitrogen and oxygen atoms in total. The summed E-state index contributed by atoms with van der Waals surface area (Å²) in [5, 5.41) is 4.54. The van der Waals surface area contributed by atoms with Gasteiger partial charge in [-0.3, -0.25) is 9.59 Å². The lowest BCUT2D eigenvalue weighted by molar-refractivity contribution is 0.0998. The number of nitrogens with two attached hydrogens (primary N) is 1. The van der Waals surface area contributed by atoms with Crippen LogP contribution in [-0.2, 0) is 0 Å². The fraction of sp³-hybridized carbons (Fsp3) is 0.0526. The Hall–Kier alpha value is -3.34. The van der Waals surface area contributed by atoms with Crippen molar-refractivity contribution >= 4 is 28.3 Å². The number of hydrogen-bond acceptors (Lipinski definition) is 3. The van der Waals surface area contributed by atoms with Gasteiger partial charge in [0.25, 0.3) is 5.91 Å².